The number of aromatic nitrogens is 4. The van der Waals surface area contributed by atoms with Crippen LogP contribution < -0.4 is 5.32 Å². The van der Waals surface area contributed by atoms with E-state index in [1.54, 1.807) is 7.11 Å². The summed E-state index contributed by atoms with van der Waals surface area (Å²) < 4.78 is 9.38. The SMILES string of the molecule is CCC(Nc1nc(CCOC)ns1)c1nc2ccccc2[nH]1. The molecule has 2 N–H and O–H groups in total. The molecule has 3 rings (SSSR count). The lowest BCUT2D eigenvalue weighted by Gasteiger charge is -2.12. The van der Waals surface area contributed by atoms with Crippen LogP contribution in [0.4, 0.5) is 5.13 Å². The third-order valence-electron chi connectivity index (χ3n) is 3.44. The van der Waals surface area contributed by atoms with Gasteiger partial charge in [-0.2, -0.15) is 4.37 Å². The molecule has 0 bridgehead atoms. The van der Waals surface area contributed by atoms with E-state index in [-0.39, 0.29) is 6.04 Å². The van der Waals surface area contributed by atoms with Gasteiger partial charge < -0.3 is 15.0 Å². The summed E-state index contributed by atoms with van der Waals surface area (Å²) in [4.78, 5) is 12.5. The van der Waals surface area contributed by atoms with Gasteiger partial charge in [-0.05, 0) is 18.6 Å². The van der Waals surface area contributed by atoms with Gasteiger partial charge in [-0.25, -0.2) is 9.97 Å². The van der Waals surface area contributed by atoms with Crippen LogP contribution in [0.15, 0.2) is 24.3 Å². The molecule has 0 fully saturated rings. The normalized spacial score (nSPS) is 12.6. The molecule has 2 heterocycles. The van der Waals surface area contributed by atoms with Crippen LogP contribution in [0.25, 0.3) is 11.0 Å². The molecule has 1 atom stereocenters. The van der Waals surface area contributed by atoms with E-state index in [1.165, 1.54) is 11.5 Å². The second-order valence-electron chi connectivity index (χ2n) is 5.00. The van der Waals surface area contributed by atoms with E-state index >= 15 is 0 Å². The number of hydrogen-bond donors (Lipinski definition) is 2. The van der Waals surface area contributed by atoms with E-state index in [2.05, 4.69) is 31.6 Å². The molecule has 0 aliphatic carbocycles. The second kappa shape index (κ2) is 6.85. The van der Waals surface area contributed by atoms with Crippen molar-refractivity contribution in [2.24, 2.45) is 0 Å². The molecule has 0 saturated carbocycles. The van der Waals surface area contributed by atoms with Gasteiger partial charge in [0.05, 0.1) is 23.7 Å². The largest absolute Gasteiger partial charge is 0.384 e. The van der Waals surface area contributed by atoms with E-state index in [1.807, 2.05) is 24.3 Å². The number of hydrogen-bond acceptors (Lipinski definition) is 6. The van der Waals surface area contributed by atoms with Crippen molar-refractivity contribution in [1.82, 2.24) is 19.3 Å². The fraction of sp³-hybridized carbons (Fsp3) is 0.400. The number of nitrogens with one attached hydrogen (secondary N) is 2. The highest BCUT2D eigenvalue weighted by atomic mass is 32.1. The molecule has 7 heteroatoms. The van der Waals surface area contributed by atoms with E-state index in [9.17, 15) is 0 Å². The van der Waals surface area contributed by atoms with Crippen LogP contribution in [0, 0.1) is 0 Å². The van der Waals surface area contributed by atoms with Crippen molar-refractivity contribution in [3.63, 3.8) is 0 Å². The highest BCUT2D eigenvalue weighted by Gasteiger charge is 2.16. The quantitative estimate of drug-likeness (QED) is 0.700. The number of ether oxygens (including phenoxy) is 1. The summed E-state index contributed by atoms with van der Waals surface area (Å²) in [6.07, 6.45) is 1.64. The zero-order valence-electron chi connectivity index (χ0n) is 12.7. The summed E-state index contributed by atoms with van der Waals surface area (Å²) in [7, 11) is 1.68. The molecule has 1 unspecified atom stereocenters. The van der Waals surface area contributed by atoms with Gasteiger partial charge in [0.25, 0.3) is 0 Å². The first-order valence-corrected chi connectivity index (χ1v) is 8.10. The number of imidazole rings is 1. The maximum absolute atomic E-state index is 5.05. The number of para-hydroxylation sites is 2. The van der Waals surface area contributed by atoms with E-state index in [0.717, 1.165) is 40.7 Å². The first kappa shape index (κ1) is 14.9. The molecule has 1 aromatic carbocycles. The summed E-state index contributed by atoms with van der Waals surface area (Å²) in [5, 5.41) is 4.23. The fourth-order valence-electron chi connectivity index (χ4n) is 2.26. The molecule has 0 aliphatic rings. The molecular formula is C15H19N5OS. The van der Waals surface area contributed by atoms with Crippen LogP contribution in [0.2, 0.25) is 0 Å². The van der Waals surface area contributed by atoms with Gasteiger partial charge in [-0.15, -0.1) is 0 Å². The summed E-state index contributed by atoms with van der Waals surface area (Å²) in [6, 6.07) is 8.14. The van der Waals surface area contributed by atoms with Gasteiger partial charge in [-0.1, -0.05) is 19.1 Å². The van der Waals surface area contributed by atoms with Gasteiger partial charge >= 0.3 is 0 Å². The van der Waals surface area contributed by atoms with Gasteiger partial charge in [0.1, 0.15) is 11.6 Å². The van der Waals surface area contributed by atoms with E-state index < -0.39 is 0 Å². The van der Waals surface area contributed by atoms with Crippen molar-refractivity contribution in [2.45, 2.75) is 25.8 Å². The van der Waals surface area contributed by atoms with Crippen LogP contribution in [0.1, 0.15) is 31.0 Å². The van der Waals surface area contributed by atoms with Gasteiger partial charge in [-0.3, -0.25) is 0 Å². The standard InChI is InChI=1S/C15H19N5OS/c1-3-10(14-16-11-6-4-5-7-12(11)17-14)18-15-19-13(20-22-15)8-9-21-2/h4-7,10H,3,8-9H2,1-2H3,(H,16,17)(H,18,19,20). The van der Waals surface area contributed by atoms with Gasteiger partial charge in [0.15, 0.2) is 0 Å². The third kappa shape index (κ3) is 3.26. The number of benzene rings is 1. The topological polar surface area (TPSA) is 75.7 Å². The molecule has 116 valence electrons. The molecule has 0 spiro atoms. The summed E-state index contributed by atoms with van der Waals surface area (Å²) in [5.41, 5.74) is 2.03. The average Bonchev–Trinajstić information content (AvgIpc) is 3.16. The van der Waals surface area contributed by atoms with Crippen LogP contribution >= 0.6 is 11.5 Å². The Morgan fingerprint density at radius 2 is 2.18 bits per heavy atom. The highest BCUT2D eigenvalue weighted by molar-refractivity contribution is 7.09. The first-order valence-electron chi connectivity index (χ1n) is 7.33. The first-order chi connectivity index (χ1) is 10.8. The van der Waals surface area contributed by atoms with Crippen molar-refractivity contribution in [3.8, 4) is 0 Å². The summed E-state index contributed by atoms with van der Waals surface area (Å²) in [5.74, 6) is 1.74. The molecule has 0 radical (unpaired) electrons. The van der Waals surface area contributed by atoms with E-state index in [0.29, 0.717) is 6.61 Å². The molecule has 2 aromatic heterocycles. The van der Waals surface area contributed by atoms with Crippen molar-refractivity contribution < 1.29 is 4.74 Å². The second-order valence-corrected chi connectivity index (χ2v) is 5.75. The number of anilines is 1. The number of rotatable bonds is 7. The number of aromatic amines is 1. The zero-order valence-corrected chi connectivity index (χ0v) is 13.5. The minimum Gasteiger partial charge on any atom is -0.384 e. The number of fused-ring (bicyclic) bond motifs is 1. The summed E-state index contributed by atoms with van der Waals surface area (Å²) in [6.45, 7) is 2.76. The third-order valence-corrected chi connectivity index (χ3v) is 4.13. The Labute approximate surface area is 133 Å². The predicted octanol–water partition coefficient (Wildman–Crippen LogP) is 3.17. The van der Waals surface area contributed by atoms with Crippen molar-refractivity contribution >= 4 is 27.7 Å². The Morgan fingerprint density at radius 1 is 1.32 bits per heavy atom. The van der Waals surface area contributed by atoms with Crippen LogP contribution in [0.3, 0.4) is 0 Å². The van der Waals surface area contributed by atoms with E-state index in [4.69, 9.17) is 4.74 Å². The monoisotopic (exact) mass is 317 g/mol. The maximum atomic E-state index is 5.05. The Hall–Kier alpha value is -1.99. The molecule has 0 aliphatic heterocycles. The molecule has 3 aromatic rings. The smallest absolute Gasteiger partial charge is 0.203 e. The predicted molar refractivity (Wildman–Crippen MR) is 88.2 cm³/mol. The minimum atomic E-state index is 0.0932. The molecule has 22 heavy (non-hydrogen) atoms. The zero-order chi connectivity index (χ0) is 15.4. The van der Waals surface area contributed by atoms with Crippen molar-refractivity contribution in [3.05, 3.63) is 35.9 Å². The maximum Gasteiger partial charge on any atom is 0.203 e. The average molecular weight is 317 g/mol. The lowest BCUT2D eigenvalue weighted by molar-refractivity contribution is 0.201. The Balaban J connectivity index is 1.75. The van der Waals surface area contributed by atoms with Crippen molar-refractivity contribution in [1.29, 1.82) is 0 Å². The van der Waals surface area contributed by atoms with Crippen LogP contribution in [-0.2, 0) is 11.2 Å². The highest BCUT2D eigenvalue weighted by Crippen LogP contribution is 2.23. The fourth-order valence-corrected chi connectivity index (χ4v) is 2.92. The number of H-pyrrole nitrogens is 1. The number of methoxy groups -OCH3 is 1. The summed E-state index contributed by atoms with van der Waals surface area (Å²) >= 11 is 1.38. The lowest BCUT2D eigenvalue weighted by atomic mass is 10.2. The number of nitrogens with zero attached hydrogens (tertiary/aromatic N) is 3. The minimum absolute atomic E-state index is 0.0932. The van der Waals surface area contributed by atoms with Gasteiger partial charge in [0.2, 0.25) is 5.13 Å². The van der Waals surface area contributed by atoms with Crippen LogP contribution in [0.5, 0.6) is 0 Å². The molecular weight excluding hydrogens is 298 g/mol. The van der Waals surface area contributed by atoms with Crippen molar-refractivity contribution in [2.75, 3.05) is 19.0 Å². The lowest BCUT2D eigenvalue weighted by Crippen LogP contribution is -2.11. The Morgan fingerprint density at radius 3 is 2.95 bits per heavy atom. The Kier molecular flexibility index (Phi) is 4.65. The molecule has 0 amide bonds. The Bertz CT molecular complexity index is 705. The van der Waals surface area contributed by atoms with Gasteiger partial charge in [0, 0.05) is 25.1 Å². The molecule has 0 saturated heterocycles. The van der Waals surface area contributed by atoms with Crippen LogP contribution in [-0.4, -0.2) is 33.0 Å². The molecule has 6 nitrogen and oxygen atoms in total.